The number of fused-ring (bicyclic) bond motifs is 8. The van der Waals surface area contributed by atoms with Crippen molar-refractivity contribution in [3.8, 4) is 27.9 Å². The fourth-order valence-corrected chi connectivity index (χ4v) is 9.27. The Morgan fingerprint density at radius 3 is 2.11 bits per heavy atom. The molecule has 11 aromatic rings. The SMILES string of the molecule is [2H]c1c([2H])c([2H])c(-c2ccc(N(c3cccc(-c4cccc5c4sc4c6ccccc6n(-c6ccccc6)c54)c3)c3cccc4oc5ccccc5c34)cc2)c([2H])c1[2H]. The van der Waals surface area contributed by atoms with Crippen LogP contribution in [0.3, 0.4) is 0 Å². The molecule has 4 heteroatoms. The molecule has 0 bridgehead atoms. The van der Waals surface area contributed by atoms with Crippen molar-refractivity contribution in [1.82, 2.24) is 4.57 Å². The Balaban J connectivity index is 1.11. The van der Waals surface area contributed by atoms with Gasteiger partial charge < -0.3 is 13.9 Å². The number of para-hydroxylation sites is 3. The standard InChI is InChI=1S/C50H32N2OS/c1-3-14-33(15-4-1)34-28-30-37(31-29-34)51(44-25-13-27-46-47(44)41-21-8-10-26-45(41)53-46)38-19-11-16-35(32-38)39-22-12-23-42-48-50(54-49(39)42)40-20-7-9-24-43(40)52(48)36-17-5-2-6-18-36/h1-32H/i1D,3D,4D,14D,15D. The molecule has 11 rings (SSSR count). The average molecular weight is 714 g/mol. The zero-order valence-corrected chi connectivity index (χ0v) is 29.6. The van der Waals surface area contributed by atoms with Gasteiger partial charge in [0.2, 0.25) is 0 Å². The summed E-state index contributed by atoms with van der Waals surface area (Å²) in [5.74, 6) is 0. The van der Waals surface area contributed by atoms with Gasteiger partial charge in [0.15, 0.2) is 0 Å². The van der Waals surface area contributed by atoms with E-state index < -0.39 is 6.04 Å². The van der Waals surface area contributed by atoms with Crippen LogP contribution in [0.4, 0.5) is 17.1 Å². The quantitative estimate of drug-likeness (QED) is 0.171. The number of anilines is 3. The van der Waals surface area contributed by atoms with E-state index in [1.165, 1.54) is 31.2 Å². The van der Waals surface area contributed by atoms with Gasteiger partial charge in [-0.15, -0.1) is 11.3 Å². The van der Waals surface area contributed by atoms with Gasteiger partial charge in [0.1, 0.15) is 11.2 Å². The van der Waals surface area contributed by atoms with Crippen molar-refractivity contribution in [2.45, 2.75) is 0 Å². The number of hydrogen-bond acceptors (Lipinski definition) is 3. The van der Waals surface area contributed by atoms with Gasteiger partial charge in [-0.25, -0.2) is 0 Å². The molecule has 0 atom stereocenters. The first-order valence-electron chi connectivity index (χ1n) is 20.4. The van der Waals surface area contributed by atoms with E-state index in [1.54, 1.807) is 0 Å². The zero-order chi connectivity index (χ0) is 39.9. The molecule has 0 spiro atoms. The Hall–Kier alpha value is -6.88. The van der Waals surface area contributed by atoms with Crippen LogP contribution in [-0.2, 0) is 0 Å². The van der Waals surface area contributed by atoms with E-state index in [0.29, 0.717) is 5.56 Å². The third-order valence-electron chi connectivity index (χ3n) is 10.3. The van der Waals surface area contributed by atoms with Gasteiger partial charge >= 0.3 is 0 Å². The molecular weight excluding hydrogens is 677 g/mol. The topological polar surface area (TPSA) is 21.3 Å². The molecule has 0 aliphatic rings. The van der Waals surface area contributed by atoms with E-state index in [1.807, 2.05) is 65.9 Å². The summed E-state index contributed by atoms with van der Waals surface area (Å²) in [5, 5.41) is 4.39. The molecule has 254 valence electrons. The lowest BCUT2D eigenvalue weighted by Crippen LogP contribution is -2.10. The van der Waals surface area contributed by atoms with Crippen molar-refractivity contribution in [1.29, 1.82) is 0 Å². The van der Waals surface area contributed by atoms with Crippen LogP contribution in [0.15, 0.2) is 198 Å². The third kappa shape index (κ3) is 4.81. The molecule has 3 heterocycles. The highest BCUT2D eigenvalue weighted by Crippen LogP contribution is 2.47. The number of aromatic nitrogens is 1. The Labute approximate surface area is 323 Å². The summed E-state index contributed by atoms with van der Waals surface area (Å²) in [7, 11) is 0. The average Bonchev–Trinajstić information content (AvgIpc) is 3.95. The normalized spacial score (nSPS) is 13.0. The molecule has 0 saturated carbocycles. The first-order chi connectivity index (χ1) is 28.9. The van der Waals surface area contributed by atoms with Gasteiger partial charge in [-0.3, -0.25) is 0 Å². The summed E-state index contributed by atoms with van der Waals surface area (Å²) in [4.78, 5) is 2.21. The zero-order valence-electron chi connectivity index (χ0n) is 33.8. The van der Waals surface area contributed by atoms with Gasteiger partial charge in [-0.05, 0) is 82.9 Å². The smallest absolute Gasteiger partial charge is 0.137 e. The number of nitrogens with zero attached hydrogens (tertiary/aromatic N) is 2. The third-order valence-corrected chi connectivity index (χ3v) is 11.5. The fourth-order valence-electron chi connectivity index (χ4n) is 7.92. The first kappa shape index (κ1) is 26.0. The lowest BCUT2D eigenvalue weighted by molar-refractivity contribution is 0.669. The highest BCUT2D eigenvalue weighted by Gasteiger charge is 2.22. The van der Waals surface area contributed by atoms with Crippen LogP contribution in [0.1, 0.15) is 6.85 Å². The van der Waals surface area contributed by atoms with E-state index in [0.717, 1.165) is 55.8 Å². The molecule has 0 N–H and O–H groups in total. The maximum absolute atomic E-state index is 8.62. The molecule has 0 fully saturated rings. The Morgan fingerprint density at radius 2 is 1.24 bits per heavy atom. The number of thiophene rings is 1. The van der Waals surface area contributed by atoms with Crippen LogP contribution in [0, 0.1) is 0 Å². The second-order valence-corrected chi connectivity index (χ2v) is 14.4. The molecule has 8 aromatic carbocycles. The van der Waals surface area contributed by atoms with Crippen molar-refractivity contribution in [2.24, 2.45) is 0 Å². The molecule has 0 radical (unpaired) electrons. The van der Waals surface area contributed by atoms with Crippen LogP contribution in [0.25, 0.3) is 81.1 Å². The molecular formula is C50H32N2OS. The number of rotatable bonds is 6. The maximum Gasteiger partial charge on any atom is 0.137 e. The Morgan fingerprint density at radius 1 is 0.519 bits per heavy atom. The molecule has 0 aliphatic heterocycles. The van der Waals surface area contributed by atoms with Crippen molar-refractivity contribution in [3.05, 3.63) is 194 Å². The van der Waals surface area contributed by atoms with Crippen LogP contribution in [0.5, 0.6) is 0 Å². The Kier molecular flexibility index (Phi) is 5.95. The van der Waals surface area contributed by atoms with Gasteiger partial charge in [0.25, 0.3) is 0 Å². The van der Waals surface area contributed by atoms with Crippen LogP contribution in [-0.4, -0.2) is 4.57 Å². The lowest BCUT2D eigenvalue weighted by atomic mass is 10.0. The lowest BCUT2D eigenvalue weighted by Gasteiger charge is -2.27. The number of furan rings is 1. The van der Waals surface area contributed by atoms with E-state index in [2.05, 4.69) is 119 Å². The van der Waals surface area contributed by atoms with Crippen molar-refractivity contribution in [3.63, 3.8) is 0 Å². The minimum absolute atomic E-state index is 0.170. The van der Waals surface area contributed by atoms with Gasteiger partial charge in [-0.2, -0.15) is 0 Å². The van der Waals surface area contributed by atoms with Crippen molar-refractivity contribution < 1.29 is 11.3 Å². The predicted octanol–water partition coefficient (Wildman–Crippen LogP) is 14.7. The van der Waals surface area contributed by atoms with E-state index in [-0.39, 0.29) is 29.7 Å². The van der Waals surface area contributed by atoms with Crippen LogP contribution in [0.2, 0.25) is 0 Å². The second-order valence-electron chi connectivity index (χ2n) is 13.3. The highest BCUT2D eigenvalue weighted by atomic mass is 32.1. The molecule has 54 heavy (non-hydrogen) atoms. The fraction of sp³-hybridized carbons (Fsp3) is 0. The van der Waals surface area contributed by atoms with E-state index >= 15 is 0 Å². The maximum atomic E-state index is 8.62. The largest absolute Gasteiger partial charge is 0.456 e. The van der Waals surface area contributed by atoms with Crippen LogP contribution < -0.4 is 4.90 Å². The number of benzene rings is 8. The molecule has 0 unspecified atom stereocenters. The summed E-state index contributed by atoms with van der Waals surface area (Å²) in [6.07, 6.45) is 0. The highest BCUT2D eigenvalue weighted by molar-refractivity contribution is 7.27. The first-order valence-corrected chi connectivity index (χ1v) is 18.7. The van der Waals surface area contributed by atoms with Crippen molar-refractivity contribution >= 4 is 81.5 Å². The van der Waals surface area contributed by atoms with Gasteiger partial charge in [0, 0.05) is 37.9 Å². The molecule has 3 aromatic heterocycles. The van der Waals surface area contributed by atoms with Crippen LogP contribution >= 0.6 is 11.3 Å². The molecule has 0 saturated heterocycles. The van der Waals surface area contributed by atoms with Gasteiger partial charge in [-0.1, -0.05) is 133 Å². The van der Waals surface area contributed by atoms with E-state index in [4.69, 9.17) is 11.3 Å². The summed E-state index contributed by atoms with van der Waals surface area (Å²) < 4.78 is 53.1. The Bertz CT molecular complexity index is 3430. The monoisotopic (exact) mass is 713 g/mol. The minimum atomic E-state index is -0.409. The molecule has 0 amide bonds. The van der Waals surface area contributed by atoms with E-state index in [9.17, 15) is 0 Å². The second kappa shape index (κ2) is 12.4. The summed E-state index contributed by atoms with van der Waals surface area (Å²) in [5.41, 5.74) is 10.7. The number of hydrogen-bond donors (Lipinski definition) is 0. The van der Waals surface area contributed by atoms with Gasteiger partial charge in [0.05, 0.1) is 33.7 Å². The molecule has 3 nitrogen and oxygen atoms in total. The van der Waals surface area contributed by atoms with Crippen molar-refractivity contribution in [2.75, 3.05) is 4.90 Å². The summed E-state index contributed by atoms with van der Waals surface area (Å²) in [6.45, 7) is 0. The minimum Gasteiger partial charge on any atom is -0.456 e. The summed E-state index contributed by atoms with van der Waals surface area (Å²) in [6, 6.07) is 54.5. The molecule has 0 aliphatic carbocycles. The predicted molar refractivity (Wildman–Crippen MR) is 229 cm³/mol. The summed E-state index contributed by atoms with van der Waals surface area (Å²) >= 11 is 1.83.